The quantitative estimate of drug-likeness (QED) is 0.771. The second-order valence-corrected chi connectivity index (χ2v) is 3.92. The summed E-state index contributed by atoms with van der Waals surface area (Å²) in [5, 5.41) is 4.57. The first-order valence-corrected chi connectivity index (χ1v) is 6.44. The van der Waals surface area contributed by atoms with E-state index in [-0.39, 0.29) is 0 Å². The van der Waals surface area contributed by atoms with Crippen molar-refractivity contribution in [1.82, 2.24) is 9.78 Å². The fourth-order valence-corrected chi connectivity index (χ4v) is 2.08. The van der Waals surface area contributed by atoms with Gasteiger partial charge in [0.2, 0.25) is 0 Å². The van der Waals surface area contributed by atoms with Crippen LogP contribution in [-0.4, -0.2) is 23.0 Å². The fraction of sp³-hybridized carbons (Fsp3) is 0.769. The van der Waals surface area contributed by atoms with Gasteiger partial charge in [0.15, 0.2) is 0 Å². The second kappa shape index (κ2) is 6.69. The highest BCUT2D eigenvalue weighted by Gasteiger charge is 2.18. The van der Waals surface area contributed by atoms with Gasteiger partial charge in [-0.25, -0.2) is 0 Å². The maximum absolute atomic E-state index is 5.36. The van der Waals surface area contributed by atoms with Crippen molar-refractivity contribution >= 4 is 0 Å². The summed E-state index contributed by atoms with van der Waals surface area (Å²) in [5.74, 6) is 0. The van der Waals surface area contributed by atoms with Gasteiger partial charge in [0.05, 0.1) is 11.7 Å². The molecule has 3 heteroatoms. The third-order valence-corrected chi connectivity index (χ3v) is 2.83. The molecular weight excluding hydrogens is 200 g/mol. The molecule has 92 valence electrons. The first-order chi connectivity index (χ1) is 7.81. The minimum Gasteiger partial charge on any atom is -0.381 e. The first-order valence-electron chi connectivity index (χ1n) is 6.44. The van der Waals surface area contributed by atoms with E-state index < -0.39 is 0 Å². The third-order valence-electron chi connectivity index (χ3n) is 2.83. The Bertz CT molecular complexity index is 301. The number of rotatable bonds is 2. The lowest BCUT2D eigenvalue weighted by molar-refractivity contribution is 0.0654. The number of ether oxygens (including phenoxy) is 1. The van der Waals surface area contributed by atoms with Gasteiger partial charge in [-0.15, -0.1) is 0 Å². The molecule has 0 aliphatic carbocycles. The summed E-state index contributed by atoms with van der Waals surface area (Å²) < 4.78 is 7.57. The Labute approximate surface area is 98.8 Å². The highest BCUT2D eigenvalue weighted by molar-refractivity contribution is 5.09. The van der Waals surface area contributed by atoms with Gasteiger partial charge in [-0.05, 0) is 32.3 Å². The molecule has 0 unspecified atom stereocenters. The molecule has 0 aromatic carbocycles. The SMILES string of the molecule is CC.CCc1cc(C)nn1C1CCOCC1. The van der Waals surface area contributed by atoms with E-state index in [1.54, 1.807) is 0 Å². The van der Waals surface area contributed by atoms with E-state index in [4.69, 9.17) is 4.74 Å². The molecule has 3 nitrogen and oxygen atoms in total. The van der Waals surface area contributed by atoms with E-state index >= 15 is 0 Å². The zero-order valence-corrected chi connectivity index (χ0v) is 11.0. The van der Waals surface area contributed by atoms with Gasteiger partial charge in [0.25, 0.3) is 0 Å². The van der Waals surface area contributed by atoms with Crippen LogP contribution < -0.4 is 0 Å². The van der Waals surface area contributed by atoms with Crippen LogP contribution in [0.1, 0.15) is 51.0 Å². The topological polar surface area (TPSA) is 27.1 Å². The number of hydrogen-bond acceptors (Lipinski definition) is 2. The minimum absolute atomic E-state index is 0.562. The Morgan fingerprint density at radius 1 is 1.38 bits per heavy atom. The monoisotopic (exact) mass is 224 g/mol. The Morgan fingerprint density at radius 3 is 2.56 bits per heavy atom. The summed E-state index contributed by atoms with van der Waals surface area (Å²) in [6.07, 6.45) is 3.28. The van der Waals surface area contributed by atoms with Crippen molar-refractivity contribution in [2.24, 2.45) is 0 Å². The lowest BCUT2D eigenvalue weighted by Crippen LogP contribution is -2.21. The molecule has 1 fully saturated rings. The maximum Gasteiger partial charge on any atom is 0.0596 e. The number of nitrogens with zero attached hydrogens (tertiary/aromatic N) is 2. The molecule has 1 aliphatic heterocycles. The van der Waals surface area contributed by atoms with Crippen LogP contribution in [0.2, 0.25) is 0 Å². The van der Waals surface area contributed by atoms with Crippen LogP contribution in [0.25, 0.3) is 0 Å². The highest BCUT2D eigenvalue weighted by atomic mass is 16.5. The molecule has 1 aromatic rings. The lowest BCUT2D eigenvalue weighted by atomic mass is 10.1. The normalized spacial score (nSPS) is 16.8. The average Bonchev–Trinajstić information content (AvgIpc) is 2.74. The Morgan fingerprint density at radius 2 is 2.00 bits per heavy atom. The molecule has 0 radical (unpaired) electrons. The van der Waals surface area contributed by atoms with Crippen molar-refractivity contribution in [3.63, 3.8) is 0 Å². The zero-order valence-electron chi connectivity index (χ0n) is 11.0. The van der Waals surface area contributed by atoms with E-state index in [0.29, 0.717) is 6.04 Å². The van der Waals surface area contributed by atoms with Crippen LogP contribution >= 0.6 is 0 Å². The van der Waals surface area contributed by atoms with Crippen molar-refractivity contribution in [3.8, 4) is 0 Å². The van der Waals surface area contributed by atoms with Gasteiger partial charge in [-0.3, -0.25) is 4.68 Å². The minimum atomic E-state index is 0.562. The summed E-state index contributed by atoms with van der Waals surface area (Å²) in [6.45, 7) is 10.0. The zero-order chi connectivity index (χ0) is 12.0. The maximum atomic E-state index is 5.36. The number of aryl methyl sites for hydroxylation is 2. The van der Waals surface area contributed by atoms with Crippen LogP contribution in [-0.2, 0) is 11.2 Å². The van der Waals surface area contributed by atoms with Gasteiger partial charge in [0, 0.05) is 18.9 Å². The molecule has 2 rings (SSSR count). The summed E-state index contributed by atoms with van der Waals surface area (Å²) in [7, 11) is 0. The van der Waals surface area contributed by atoms with Crippen LogP contribution in [0.5, 0.6) is 0 Å². The summed E-state index contributed by atoms with van der Waals surface area (Å²) >= 11 is 0. The molecule has 0 saturated carbocycles. The molecule has 0 N–H and O–H groups in total. The highest BCUT2D eigenvalue weighted by Crippen LogP contribution is 2.22. The molecular formula is C13H24N2O. The standard InChI is InChI=1S/C11H18N2O.C2H6/c1-3-10-8-9(2)12-13(10)11-4-6-14-7-5-11;1-2/h8,11H,3-7H2,1-2H3;1-2H3. The van der Waals surface area contributed by atoms with E-state index in [1.807, 2.05) is 13.8 Å². The number of aromatic nitrogens is 2. The third kappa shape index (κ3) is 3.08. The summed E-state index contributed by atoms with van der Waals surface area (Å²) in [5.41, 5.74) is 2.49. The van der Waals surface area contributed by atoms with Crippen LogP contribution in [0, 0.1) is 6.92 Å². The second-order valence-electron chi connectivity index (χ2n) is 3.92. The van der Waals surface area contributed by atoms with Crippen molar-refractivity contribution in [3.05, 3.63) is 17.5 Å². The van der Waals surface area contributed by atoms with Crippen molar-refractivity contribution in [1.29, 1.82) is 0 Å². The van der Waals surface area contributed by atoms with Crippen molar-refractivity contribution in [2.45, 2.75) is 53.0 Å². The van der Waals surface area contributed by atoms with Crippen molar-refractivity contribution < 1.29 is 4.74 Å². The molecule has 0 atom stereocenters. The molecule has 1 aromatic heterocycles. The smallest absolute Gasteiger partial charge is 0.0596 e. The largest absolute Gasteiger partial charge is 0.381 e. The fourth-order valence-electron chi connectivity index (χ4n) is 2.08. The average molecular weight is 224 g/mol. The molecule has 2 heterocycles. The van der Waals surface area contributed by atoms with Crippen LogP contribution in [0.4, 0.5) is 0 Å². The van der Waals surface area contributed by atoms with E-state index in [2.05, 4.69) is 29.7 Å². The van der Waals surface area contributed by atoms with E-state index in [0.717, 1.165) is 38.2 Å². The van der Waals surface area contributed by atoms with Crippen LogP contribution in [0.15, 0.2) is 6.07 Å². The molecule has 16 heavy (non-hydrogen) atoms. The summed E-state index contributed by atoms with van der Waals surface area (Å²) in [4.78, 5) is 0. The first kappa shape index (κ1) is 13.2. The predicted molar refractivity (Wildman–Crippen MR) is 66.8 cm³/mol. The predicted octanol–water partition coefficient (Wildman–Crippen LogP) is 3.13. The van der Waals surface area contributed by atoms with Crippen molar-refractivity contribution in [2.75, 3.05) is 13.2 Å². The Kier molecular flexibility index (Phi) is 5.53. The molecule has 0 amide bonds. The van der Waals surface area contributed by atoms with Crippen LogP contribution in [0.3, 0.4) is 0 Å². The Hall–Kier alpha value is -0.830. The number of hydrogen-bond donors (Lipinski definition) is 0. The van der Waals surface area contributed by atoms with Gasteiger partial charge >= 0.3 is 0 Å². The molecule has 1 aliphatic rings. The van der Waals surface area contributed by atoms with E-state index in [9.17, 15) is 0 Å². The van der Waals surface area contributed by atoms with Gasteiger partial charge < -0.3 is 4.74 Å². The molecule has 0 bridgehead atoms. The summed E-state index contributed by atoms with van der Waals surface area (Å²) in [6, 6.07) is 2.75. The van der Waals surface area contributed by atoms with Gasteiger partial charge in [-0.1, -0.05) is 20.8 Å². The van der Waals surface area contributed by atoms with E-state index in [1.165, 1.54) is 5.69 Å². The van der Waals surface area contributed by atoms with Gasteiger partial charge in [0.1, 0.15) is 0 Å². The molecule has 1 saturated heterocycles. The molecule has 0 spiro atoms. The van der Waals surface area contributed by atoms with Gasteiger partial charge in [-0.2, -0.15) is 5.10 Å². The Balaban J connectivity index is 0.000000606. The lowest BCUT2D eigenvalue weighted by Gasteiger charge is -2.24.